The monoisotopic (exact) mass is 250 g/mol. The Balaban J connectivity index is 1.54. The molecule has 4 aliphatic rings. The van der Waals surface area contributed by atoms with Crippen molar-refractivity contribution in [1.82, 2.24) is 9.80 Å². The van der Waals surface area contributed by atoms with Gasteiger partial charge in [-0.2, -0.15) is 0 Å². The predicted octanol–water partition coefficient (Wildman–Crippen LogP) is 1.32. The van der Waals surface area contributed by atoms with Gasteiger partial charge in [-0.05, 0) is 50.5 Å². The molecule has 4 aliphatic heterocycles. The Morgan fingerprint density at radius 2 is 1.56 bits per heavy atom. The highest BCUT2D eigenvalue weighted by atomic mass is 16.3. The van der Waals surface area contributed by atoms with Gasteiger partial charge in [0, 0.05) is 31.7 Å². The second-order valence-electron chi connectivity index (χ2n) is 7.07. The molecule has 4 rings (SSSR count). The summed E-state index contributed by atoms with van der Waals surface area (Å²) in [5, 5.41) is 9.89. The number of piperidine rings is 4. The lowest BCUT2D eigenvalue weighted by Crippen LogP contribution is -2.64. The molecule has 0 aromatic rings. The molecule has 0 aliphatic carbocycles. The van der Waals surface area contributed by atoms with Gasteiger partial charge in [-0.15, -0.1) is 0 Å². The topological polar surface area (TPSA) is 26.7 Å². The van der Waals surface area contributed by atoms with E-state index in [0.29, 0.717) is 0 Å². The van der Waals surface area contributed by atoms with E-state index in [1.807, 2.05) is 0 Å². The summed E-state index contributed by atoms with van der Waals surface area (Å²) in [5.74, 6) is 1.79. The van der Waals surface area contributed by atoms with Crippen molar-refractivity contribution in [1.29, 1.82) is 0 Å². The van der Waals surface area contributed by atoms with Gasteiger partial charge in [-0.3, -0.25) is 9.80 Å². The van der Waals surface area contributed by atoms with E-state index < -0.39 is 0 Å². The van der Waals surface area contributed by atoms with Crippen LogP contribution in [-0.4, -0.2) is 59.3 Å². The van der Waals surface area contributed by atoms with Crippen molar-refractivity contribution in [2.45, 2.75) is 56.7 Å². The predicted molar refractivity (Wildman–Crippen MR) is 71.4 cm³/mol. The molecule has 0 amide bonds. The molecule has 1 N–H and O–H groups in total. The van der Waals surface area contributed by atoms with Gasteiger partial charge in [-0.1, -0.05) is 6.42 Å². The van der Waals surface area contributed by atoms with Crippen LogP contribution in [0.3, 0.4) is 0 Å². The molecule has 0 aromatic carbocycles. The lowest BCUT2D eigenvalue weighted by atomic mass is 9.71. The Kier molecular flexibility index (Phi) is 2.90. The zero-order valence-electron chi connectivity index (χ0n) is 11.3. The van der Waals surface area contributed by atoms with E-state index in [2.05, 4.69) is 9.80 Å². The van der Waals surface area contributed by atoms with Crippen LogP contribution in [0, 0.1) is 11.8 Å². The molecule has 0 spiro atoms. The van der Waals surface area contributed by atoms with Crippen LogP contribution >= 0.6 is 0 Å². The average Bonchev–Trinajstić information content (AvgIpc) is 2.38. The lowest BCUT2D eigenvalue weighted by molar-refractivity contribution is -0.0912. The molecule has 18 heavy (non-hydrogen) atoms. The van der Waals surface area contributed by atoms with Gasteiger partial charge >= 0.3 is 0 Å². The maximum absolute atomic E-state index is 9.89. The Bertz CT molecular complexity index is 322. The second kappa shape index (κ2) is 4.46. The number of nitrogens with zero attached hydrogens (tertiary/aromatic N) is 2. The van der Waals surface area contributed by atoms with Crippen LogP contribution in [0.25, 0.3) is 0 Å². The Morgan fingerprint density at radius 1 is 0.778 bits per heavy atom. The lowest BCUT2D eigenvalue weighted by Gasteiger charge is -2.57. The highest BCUT2D eigenvalue weighted by Crippen LogP contribution is 2.42. The van der Waals surface area contributed by atoms with Gasteiger partial charge in [-0.25, -0.2) is 0 Å². The van der Waals surface area contributed by atoms with Gasteiger partial charge in [0.2, 0.25) is 0 Å². The standard InChI is InChI=1S/C15H26N2O/c18-13-4-5-15-11-7-12(9-17(15)10-13)14-3-1-2-6-16(14)8-11/h11-15,18H,1-10H2/t11-,12+,13-,14-,15+/m1/s1. The summed E-state index contributed by atoms with van der Waals surface area (Å²) in [4.78, 5) is 5.45. The first-order valence-corrected chi connectivity index (χ1v) is 7.97. The number of rotatable bonds is 0. The fraction of sp³-hybridized carbons (Fsp3) is 1.00. The zero-order chi connectivity index (χ0) is 12.1. The van der Waals surface area contributed by atoms with Crippen LogP contribution in [0.5, 0.6) is 0 Å². The van der Waals surface area contributed by atoms with Crippen molar-refractivity contribution in [2.24, 2.45) is 11.8 Å². The largest absolute Gasteiger partial charge is 0.392 e. The van der Waals surface area contributed by atoms with Crippen LogP contribution in [0.2, 0.25) is 0 Å². The molecule has 0 radical (unpaired) electrons. The summed E-state index contributed by atoms with van der Waals surface area (Å²) in [5.41, 5.74) is 0. The molecule has 0 saturated carbocycles. The first-order valence-electron chi connectivity index (χ1n) is 7.97. The summed E-state index contributed by atoms with van der Waals surface area (Å²) in [6.07, 6.45) is 7.97. The Labute approximate surface area is 110 Å². The molecular formula is C15H26N2O. The number of fused-ring (bicyclic) bond motifs is 6. The fourth-order valence-electron chi connectivity index (χ4n) is 5.26. The summed E-state index contributed by atoms with van der Waals surface area (Å²) in [6.45, 7) is 4.91. The first kappa shape index (κ1) is 11.7. The highest BCUT2D eigenvalue weighted by molar-refractivity contribution is 5.01. The van der Waals surface area contributed by atoms with Crippen molar-refractivity contribution in [3.63, 3.8) is 0 Å². The molecule has 3 heteroatoms. The van der Waals surface area contributed by atoms with Crippen molar-refractivity contribution >= 4 is 0 Å². The van der Waals surface area contributed by atoms with Crippen molar-refractivity contribution in [2.75, 3.05) is 26.2 Å². The molecule has 2 bridgehead atoms. The third-order valence-corrected chi connectivity index (χ3v) is 6.01. The maximum Gasteiger partial charge on any atom is 0.0667 e. The molecule has 0 aromatic heterocycles. The number of aliphatic hydroxyl groups is 1. The van der Waals surface area contributed by atoms with Gasteiger partial charge in [0.05, 0.1) is 6.10 Å². The third-order valence-electron chi connectivity index (χ3n) is 6.01. The van der Waals surface area contributed by atoms with Crippen LogP contribution in [0.15, 0.2) is 0 Å². The quantitative estimate of drug-likeness (QED) is 0.702. The smallest absolute Gasteiger partial charge is 0.0667 e. The molecule has 4 heterocycles. The Morgan fingerprint density at radius 3 is 2.44 bits per heavy atom. The number of hydrogen-bond donors (Lipinski definition) is 1. The molecular weight excluding hydrogens is 224 g/mol. The van der Waals surface area contributed by atoms with Crippen LogP contribution in [0.4, 0.5) is 0 Å². The summed E-state index contributed by atoms with van der Waals surface area (Å²) < 4.78 is 0. The van der Waals surface area contributed by atoms with Crippen LogP contribution in [-0.2, 0) is 0 Å². The Hall–Kier alpha value is -0.120. The van der Waals surface area contributed by atoms with E-state index in [4.69, 9.17) is 0 Å². The minimum absolute atomic E-state index is 0.0532. The van der Waals surface area contributed by atoms with Gasteiger partial charge in [0.1, 0.15) is 0 Å². The molecule has 5 atom stereocenters. The van der Waals surface area contributed by atoms with Gasteiger partial charge < -0.3 is 5.11 Å². The van der Waals surface area contributed by atoms with Crippen LogP contribution in [0.1, 0.15) is 38.5 Å². The van der Waals surface area contributed by atoms with Gasteiger partial charge in [0.25, 0.3) is 0 Å². The minimum Gasteiger partial charge on any atom is -0.392 e. The highest BCUT2D eigenvalue weighted by Gasteiger charge is 2.47. The molecule has 4 fully saturated rings. The summed E-state index contributed by atoms with van der Waals surface area (Å²) >= 11 is 0. The maximum atomic E-state index is 9.89. The fourth-order valence-corrected chi connectivity index (χ4v) is 5.26. The SMILES string of the molecule is O[C@@H]1CC[C@H]2[C@@H]3C[C@@H](CN2C1)[C@H]1CCCCN1C3. The van der Waals surface area contributed by atoms with Crippen molar-refractivity contribution < 1.29 is 5.11 Å². The second-order valence-corrected chi connectivity index (χ2v) is 7.07. The molecule has 102 valence electrons. The van der Waals surface area contributed by atoms with Gasteiger partial charge in [0.15, 0.2) is 0 Å². The molecule has 4 saturated heterocycles. The van der Waals surface area contributed by atoms with E-state index >= 15 is 0 Å². The van der Waals surface area contributed by atoms with E-state index in [1.165, 1.54) is 51.7 Å². The van der Waals surface area contributed by atoms with E-state index in [1.54, 1.807) is 0 Å². The zero-order valence-corrected chi connectivity index (χ0v) is 11.3. The summed E-state index contributed by atoms with van der Waals surface area (Å²) in [7, 11) is 0. The normalized spacial score (nSPS) is 49.5. The van der Waals surface area contributed by atoms with Crippen molar-refractivity contribution in [3.8, 4) is 0 Å². The van der Waals surface area contributed by atoms with E-state index in [0.717, 1.165) is 36.9 Å². The average molecular weight is 250 g/mol. The molecule has 3 nitrogen and oxygen atoms in total. The minimum atomic E-state index is -0.0532. The summed E-state index contributed by atoms with van der Waals surface area (Å²) in [6, 6.07) is 1.66. The number of hydrogen-bond acceptors (Lipinski definition) is 3. The molecule has 0 unspecified atom stereocenters. The third kappa shape index (κ3) is 1.83. The van der Waals surface area contributed by atoms with Crippen molar-refractivity contribution in [3.05, 3.63) is 0 Å². The van der Waals surface area contributed by atoms with E-state index in [9.17, 15) is 5.11 Å². The number of aliphatic hydroxyl groups excluding tert-OH is 1. The van der Waals surface area contributed by atoms with E-state index in [-0.39, 0.29) is 6.10 Å². The first-order chi connectivity index (χ1) is 8.81. The van der Waals surface area contributed by atoms with Crippen LogP contribution < -0.4 is 0 Å².